The van der Waals surface area contributed by atoms with E-state index >= 15 is 0 Å². The maximum absolute atomic E-state index is 12.2. The molecular weight excluding hydrogens is 668 g/mol. The number of carbonyl (C=O) groups is 4. The fraction of sp³-hybridized carbons (Fsp3) is 0.429. The average Bonchev–Trinajstić information content (AvgIpc) is 2.94. The number of aromatic nitrogens is 1. The highest BCUT2D eigenvalue weighted by Crippen LogP contribution is 2.44. The first kappa shape index (κ1) is 34.2. The van der Waals surface area contributed by atoms with Gasteiger partial charge in [-0.05, 0) is 39.9 Å². The topological polar surface area (TPSA) is 160 Å². The molecule has 12 nitrogen and oxygen atoms in total. The van der Waals surface area contributed by atoms with Crippen molar-refractivity contribution in [3.8, 4) is 22.9 Å². The number of nitrogens with zero attached hydrogens (tertiary/aromatic N) is 2. The van der Waals surface area contributed by atoms with Crippen LogP contribution in [-0.4, -0.2) is 78.7 Å². The van der Waals surface area contributed by atoms with Crippen molar-refractivity contribution in [3.05, 3.63) is 34.3 Å². The van der Waals surface area contributed by atoms with E-state index in [4.69, 9.17) is 28.4 Å². The Morgan fingerprint density at radius 1 is 0.930 bits per heavy atom. The lowest BCUT2D eigenvalue weighted by Crippen LogP contribution is -2.61. The summed E-state index contributed by atoms with van der Waals surface area (Å²) >= 11 is 5.87. The SMILES string of the molecule is COc1ccc(-c2c(Br)c(SC)nc(S[C@H]3O[C@@H](COC(C)=O)[C@H](OC(C)=O)[C@@H](OC(C)=O)[C@@H]3OC(C)=O)c2C#N)cc1. The summed E-state index contributed by atoms with van der Waals surface area (Å²) in [6.07, 6.45) is -3.28. The number of halogens is 1. The molecule has 1 fully saturated rings. The lowest BCUT2D eigenvalue weighted by atomic mass is 9.99. The van der Waals surface area contributed by atoms with E-state index in [0.717, 1.165) is 32.5 Å². The summed E-state index contributed by atoms with van der Waals surface area (Å²) in [7, 11) is 1.55. The number of carbonyl (C=O) groups excluding carboxylic acids is 4. The van der Waals surface area contributed by atoms with Gasteiger partial charge in [0.05, 0.1) is 17.1 Å². The normalized spacial score (nSPS) is 21.2. The molecule has 1 aliphatic heterocycles. The van der Waals surface area contributed by atoms with Crippen LogP contribution in [0.4, 0.5) is 0 Å². The van der Waals surface area contributed by atoms with Gasteiger partial charge < -0.3 is 28.4 Å². The van der Waals surface area contributed by atoms with Gasteiger partial charge in [0, 0.05) is 33.3 Å². The fourth-order valence-corrected chi connectivity index (χ4v) is 6.96. The Morgan fingerprint density at radius 3 is 2.02 bits per heavy atom. The molecule has 43 heavy (non-hydrogen) atoms. The number of rotatable bonds is 10. The minimum absolute atomic E-state index is 0.188. The third-order valence-electron chi connectivity index (χ3n) is 5.93. The molecule has 5 atom stereocenters. The van der Waals surface area contributed by atoms with Crippen LogP contribution in [0.1, 0.15) is 33.3 Å². The average molecular weight is 698 g/mol. The Balaban J connectivity index is 2.18. The number of thioether (sulfide) groups is 2. The standard InChI is InChI=1S/C28H29BrN2O10S2/c1-13(32)37-12-20-23(38-14(2)33)24(39-15(3)34)25(40-16(4)35)28(41-20)43-26-19(11-30)21(22(29)27(31-26)42-6)17-7-9-18(36-5)10-8-17/h7-10,20,23-25,28H,12H2,1-6H3/t20-,23-,24+,25-,28+/m0/s1. The molecule has 1 aromatic heterocycles. The Bertz CT molecular complexity index is 1420. The highest BCUT2D eigenvalue weighted by Gasteiger charge is 2.52. The smallest absolute Gasteiger partial charge is 0.303 e. The zero-order valence-electron chi connectivity index (χ0n) is 24.1. The summed E-state index contributed by atoms with van der Waals surface area (Å²) in [6.45, 7) is 4.26. The second-order valence-electron chi connectivity index (χ2n) is 9.02. The van der Waals surface area contributed by atoms with Gasteiger partial charge in [0.1, 0.15) is 34.6 Å². The molecule has 3 rings (SSSR count). The molecule has 0 aliphatic carbocycles. The third-order valence-corrected chi connectivity index (χ3v) is 8.78. The van der Waals surface area contributed by atoms with Gasteiger partial charge in [-0.2, -0.15) is 5.26 Å². The molecule has 2 aromatic rings. The molecule has 0 unspecified atom stereocenters. The van der Waals surface area contributed by atoms with Gasteiger partial charge >= 0.3 is 23.9 Å². The molecule has 0 spiro atoms. The summed E-state index contributed by atoms with van der Waals surface area (Å²) in [4.78, 5) is 52.8. The van der Waals surface area contributed by atoms with E-state index in [1.807, 2.05) is 6.26 Å². The summed E-state index contributed by atoms with van der Waals surface area (Å²) in [6, 6.07) is 9.33. The number of ether oxygens (including phenoxy) is 6. The molecule has 1 saturated heterocycles. The van der Waals surface area contributed by atoms with Crippen molar-refractivity contribution in [1.29, 1.82) is 5.26 Å². The van der Waals surface area contributed by atoms with E-state index < -0.39 is 53.7 Å². The van der Waals surface area contributed by atoms with Crippen molar-refractivity contribution >= 4 is 63.3 Å². The van der Waals surface area contributed by atoms with Gasteiger partial charge in [-0.1, -0.05) is 23.9 Å². The van der Waals surface area contributed by atoms with Crippen LogP contribution >= 0.6 is 39.5 Å². The van der Waals surface area contributed by atoms with Crippen LogP contribution < -0.4 is 4.74 Å². The number of nitriles is 1. The summed E-state index contributed by atoms with van der Waals surface area (Å²) in [5.74, 6) is -2.21. The molecule has 0 N–H and O–H groups in total. The molecule has 1 aliphatic rings. The monoisotopic (exact) mass is 696 g/mol. The summed E-state index contributed by atoms with van der Waals surface area (Å²) in [5, 5.41) is 11.1. The van der Waals surface area contributed by atoms with E-state index in [-0.39, 0.29) is 17.2 Å². The highest BCUT2D eigenvalue weighted by atomic mass is 79.9. The molecule has 2 heterocycles. The number of pyridine rings is 1. The van der Waals surface area contributed by atoms with Crippen molar-refractivity contribution < 1.29 is 47.6 Å². The van der Waals surface area contributed by atoms with Crippen LogP contribution in [0.2, 0.25) is 0 Å². The predicted molar refractivity (Wildman–Crippen MR) is 158 cm³/mol. The Kier molecular flexibility index (Phi) is 12.3. The summed E-state index contributed by atoms with van der Waals surface area (Å²) < 4.78 is 33.7. The first-order valence-electron chi connectivity index (χ1n) is 12.7. The molecule has 15 heteroatoms. The minimum atomic E-state index is -1.35. The fourth-order valence-electron chi connectivity index (χ4n) is 4.27. The van der Waals surface area contributed by atoms with Crippen LogP contribution in [-0.2, 0) is 42.9 Å². The lowest BCUT2D eigenvalue weighted by Gasteiger charge is -2.44. The van der Waals surface area contributed by atoms with Gasteiger partial charge in [0.25, 0.3) is 0 Å². The maximum atomic E-state index is 12.2. The number of hydrogen-bond acceptors (Lipinski definition) is 14. The molecule has 0 amide bonds. The zero-order valence-corrected chi connectivity index (χ0v) is 27.3. The van der Waals surface area contributed by atoms with Gasteiger partial charge in [0.2, 0.25) is 0 Å². The number of benzene rings is 1. The lowest BCUT2D eigenvalue weighted by molar-refractivity contribution is -0.237. The second-order valence-corrected chi connectivity index (χ2v) is 11.7. The third kappa shape index (κ3) is 8.62. The molecular formula is C28H29BrN2O10S2. The van der Waals surface area contributed by atoms with Gasteiger partial charge in [-0.15, -0.1) is 11.8 Å². The van der Waals surface area contributed by atoms with Crippen molar-refractivity contribution in [2.24, 2.45) is 0 Å². The quantitative estimate of drug-likeness (QED) is 0.197. The zero-order chi connectivity index (χ0) is 31.8. The first-order valence-corrected chi connectivity index (χ1v) is 15.6. The van der Waals surface area contributed by atoms with Crippen molar-refractivity contribution in [3.63, 3.8) is 0 Å². The van der Waals surface area contributed by atoms with Gasteiger partial charge in [0.15, 0.2) is 23.7 Å². The van der Waals surface area contributed by atoms with Crippen molar-refractivity contribution in [2.45, 2.75) is 67.6 Å². The van der Waals surface area contributed by atoms with Crippen molar-refractivity contribution in [1.82, 2.24) is 4.98 Å². The Labute approximate surface area is 265 Å². The number of esters is 4. The van der Waals surface area contributed by atoms with Gasteiger partial charge in [-0.3, -0.25) is 19.2 Å². The van der Waals surface area contributed by atoms with Crippen LogP contribution in [0.15, 0.2) is 38.8 Å². The highest BCUT2D eigenvalue weighted by molar-refractivity contribution is 9.10. The van der Waals surface area contributed by atoms with Crippen LogP contribution in [0.5, 0.6) is 5.75 Å². The molecule has 1 aromatic carbocycles. The first-order chi connectivity index (χ1) is 20.4. The van der Waals surface area contributed by atoms with Crippen LogP contribution in [0.25, 0.3) is 11.1 Å². The van der Waals surface area contributed by atoms with E-state index in [1.165, 1.54) is 18.7 Å². The number of hydrogen-bond donors (Lipinski definition) is 0. The minimum Gasteiger partial charge on any atom is -0.497 e. The Hall–Kier alpha value is -3.32. The molecule has 0 bridgehead atoms. The van der Waals surface area contributed by atoms with Crippen molar-refractivity contribution in [2.75, 3.05) is 20.0 Å². The Morgan fingerprint density at radius 2 is 1.51 bits per heavy atom. The largest absolute Gasteiger partial charge is 0.497 e. The van der Waals surface area contributed by atoms with E-state index in [2.05, 4.69) is 27.0 Å². The van der Waals surface area contributed by atoms with Crippen LogP contribution in [0, 0.1) is 11.3 Å². The van der Waals surface area contributed by atoms with Gasteiger partial charge in [-0.25, -0.2) is 4.98 Å². The molecule has 230 valence electrons. The summed E-state index contributed by atoms with van der Waals surface area (Å²) in [5.41, 5.74) is 0.287. The van der Waals surface area contributed by atoms with E-state index in [9.17, 15) is 24.4 Å². The van der Waals surface area contributed by atoms with Crippen LogP contribution in [0.3, 0.4) is 0 Å². The van der Waals surface area contributed by atoms with E-state index in [0.29, 0.717) is 26.4 Å². The maximum Gasteiger partial charge on any atom is 0.303 e. The van der Waals surface area contributed by atoms with E-state index in [1.54, 1.807) is 31.4 Å². The molecule has 0 radical (unpaired) electrons. The predicted octanol–water partition coefficient (Wildman–Crippen LogP) is 4.29. The second kappa shape index (κ2) is 15.4. The number of methoxy groups -OCH3 is 1. The molecule has 0 saturated carbocycles.